The van der Waals surface area contributed by atoms with Gasteiger partial charge in [0.2, 0.25) is 11.8 Å². The molecule has 8 heteroatoms. The van der Waals surface area contributed by atoms with Crippen LogP contribution in [0.15, 0.2) is 29.2 Å². The maximum absolute atomic E-state index is 12.2. The molecule has 1 saturated heterocycles. The summed E-state index contributed by atoms with van der Waals surface area (Å²) in [5.41, 5.74) is 0.712. The number of aromatic nitrogens is 3. The van der Waals surface area contributed by atoms with Gasteiger partial charge in [0.1, 0.15) is 5.82 Å². The molecule has 1 amide bonds. The quantitative estimate of drug-likeness (QED) is 0.900. The lowest BCUT2D eigenvalue weighted by Gasteiger charge is -2.34. The molecule has 0 atom stereocenters. The Morgan fingerprint density at radius 1 is 1.24 bits per heavy atom. The Balaban J connectivity index is 1.47. The van der Waals surface area contributed by atoms with Crippen LogP contribution >= 0.6 is 0 Å². The minimum Gasteiger partial charge on any atom is -0.353 e. The molecule has 0 radical (unpaired) electrons. The van der Waals surface area contributed by atoms with Crippen LogP contribution < -0.4 is 10.2 Å². The summed E-state index contributed by atoms with van der Waals surface area (Å²) in [6.07, 6.45) is 5.12. The predicted molar refractivity (Wildman–Crippen MR) is 94.5 cm³/mol. The van der Waals surface area contributed by atoms with Gasteiger partial charge in [-0.25, -0.2) is 4.98 Å². The molecule has 1 aliphatic heterocycles. The zero-order valence-corrected chi connectivity index (χ0v) is 14.9. The first-order valence-electron chi connectivity index (χ1n) is 8.42. The molecule has 134 valence electrons. The van der Waals surface area contributed by atoms with Gasteiger partial charge in [-0.15, -0.1) is 0 Å². The molecule has 0 aliphatic carbocycles. The fourth-order valence-electron chi connectivity index (χ4n) is 2.66. The standard InChI is InChI=1S/C17H24N6O2/c1-17(2,3)13-10-16(25-21-13)20-15(24)12-22-6-8-23(9-7-22)14-11-18-4-5-19-14/h4-5,10-11H,6-9,12H2,1-3H3,(H,20,24). The number of hydrogen-bond donors (Lipinski definition) is 1. The normalized spacial score (nSPS) is 16.0. The van der Waals surface area contributed by atoms with Gasteiger partial charge in [-0.2, -0.15) is 0 Å². The van der Waals surface area contributed by atoms with Crippen LogP contribution in [0.2, 0.25) is 0 Å². The second-order valence-electron chi connectivity index (χ2n) is 7.20. The summed E-state index contributed by atoms with van der Waals surface area (Å²) in [6, 6.07) is 1.78. The van der Waals surface area contributed by atoms with Crippen molar-refractivity contribution in [2.45, 2.75) is 26.2 Å². The van der Waals surface area contributed by atoms with E-state index in [4.69, 9.17) is 4.52 Å². The summed E-state index contributed by atoms with van der Waals surface area (Å²) >= 11 is 0. The van der Waals surface area contributed by atoms with E-state index in [1.807, 2.05) is 20.8 Å². The highest BCUT2D eigenvalue weighted by molar-refractivity contribution is 5.91. The molecule has 3 heterocycles. The molecular formula is C17H24N6O2. The van der Waals surface area contributed by atoms with Gasteiger partial charge in [-0.3, -0.25) is 20.0 Å². The average molecular weight is 344 g/mol. The second-order valence-corrected chi connectivity index (χ2v) is 7.20. The second kappa shape index (κ2) is 7.18. The first kappa shape index (κ1) is 17.3. The number of nitrogens with one attached hydrogen (secondary N) is 1. The fourth-order valence-corrected chi connectivity index (χ4v) is 2.66. The third-order valence-corrected chi connectivity index (χ3v) is 4.15. The van der Waals surface area contributed by atoms with E-state index in [1.165, 1.54) is 0 Å². The average Bonchev–Trinajstić information content (AvgIpc) is 3.05. The van der Waals surface area contributed by atoms with Crippen LogP contribution in [-0.2, 0) is 10.2 Å². The number of amides is 1. The molecule has 0 bridgehead atoms. The molecular weight excluding hydrogens is 320 g/mol. The Bertz CT molecular complexity index is 701. The number of anilines is 2. The number of hydrogen-bond acceptors (Lipinski definition) is 7. The number of carbonyl (C=O) groups excluding carboxylic acids is 1. The number of carbonyl (C=O) groups is 1. The lowest BCUT2D eigenvalue weighted by Crippen LogP contribution is -2.48. The van der Waals surface area contributed by atoms with Crippen LogP contribution in [0.1, 0.15) is 26.5 Å². The largest absolute Gasteiger partial charge is 0.353 e. The highest BCUT2D eigenvalue weighted by atomic mass is 16.5. The van der Waals surface area contributed by atoms with E-state index < -0.39 is 0 Å². The van der Waals surface area contributed by atoms with Crippen molar-refractivity contribution in [1.82, 2.24) is 20.0 Å². The van der Waals surface area contributed by atoms with Crippen molar-refractivity contribution in [3.8, 4) is 0 Å². The smallest absolute Gasteiger partial charge is 0.240 e. The van der Waals surface area contributed by atoms with E-state index in [0.29, 0.717) is 12.4 Å². The maximum Gasteiger partial charge on any atom is 0.240 e. The van der Waals surface area contributed by atoms with E-state index in [0.717, 1.165) is 37.7 Å². The molecule has 0 unspecified atom stereocenters. The Morgan fingerprint density at radius 3 is 2.60 bits per heavy atom. The van der Waals surface area contributed by atoms with Crippen LogP contribution in [0.5, 0.6) is 0 Å². The van der Waals surface area contributed by atoms with Gasteiger partial charge in [-0.05, 0) is 0 Å². The van der Waals surface area contributed by atoms with Crippen LogP contribution in [0.25, 0.3) is 0 Å². The predicted octanol–water partition coefficient (Wildman–Crippen LogP) is 1.52. The van der Waals surface area contributed by atoms with Gasteiger partial charge in [0.25, 0.3) is 0 Å². The SMILES string of the molecule is CC(C)(C)c1cc(NC(=O)CN2CCN(c3cnccn3)CC2)on1. The van der Waals surface area contributed by atoms with Gasteiger partial charge in [0, 0.05) is 50.1 Å². The minimum atomic E-state index is -0.108. The van der Waals surface area contributed by atoms with Gasteiger partial charge in [-0.1, -0.05) is 25.9 Å². The van der Waals surface area contributed by atoms with Crippen molar-refractivity contribution in [2.75, 3.05) is 42.9 Å². The van der Waals surface area contributed by atoms with Crippen LogP contribution in [0.4, 0.5) is 11.7 Å². The monoisotopic (exact) mass is 344 g/mol. The van der Waals surface area contributed by atoms with Crippen LogP contribution in [0.3, 0.4) is 0 Å². The molecule has 2 aromatic heterocycles. The van der Waals surface area contributed by atoms with Crippen molar-refractivity contribution >= 4 is 17.6 Å². The third-order valence-electron chi connectivity index (χ3n) is 4.15. The topological polar surface area (TPSA) is 87.4 Å². The van der Waals surface area contributed by atoms with Gasteiger partial charge in [0.05, 0.1) is 18.4 Å². The molecule has 0 aromatic carbocycles. The molecule has 2 aromatic rings. The molecule has 3 rings (SSSR count). The Morgan fingerprint density at radius 2 is 2.00 bits per heavy atom. The molecule has 0 saturated carbocycles. The van der Waals surface area contributed by atoms with Gasteiger partial charge < -0.3 is 9.42 Å². The van der Waals surface area contributed by atoms with Crippen molar-refractivity contribution in [3.63, 3.8) is 0 Å². The summed E-state index contributed by atoms with van der Waals surface area (Å²) in [6.45, 7) is 9.72. The van der Waals surface area contributed by atoms with Crippen LogP contribution in [-0.4, -0.2) is 58.7 Å². The molecule has 25 heavy (non-hydrogen) atoms. The van der Waals surface area contributed by atoms with E-state index in [-0.39, 0.29) is 11.3 Å². The third kappa shape index (κ3) is 4.54. The molecule has 1 N–H and O–H groups in total. The molecule has 0 spiro atoms. The number of rotatable bonds is 4. The highest BCUT2D eigenvalue weighted by Crippen LogP contribution is 2.23. The number of nitrogens with zero attached hydrogens (tertiary/aromatic N) is 5. The first-order chi connectivity index (χ1) is 11.9. The Kier molecular flexibility index (Phi) is 4.98. The summed E-state index contributed by atoms with van der Waals surface area (Å²) < 4.78 is 5.20. The first-order valence-corrected chi connectivity index (χ1v) is 8.42. The zero-order chi connectivity index (χ0) is 17.9. The molecule has 1 aliphatic rings. The molecule has 1 fully saturated rings. The maximum atomic E-state index is 12.2. The summed E-state index contributed by atoms with van der Waals surface area (Å²) in [4.78, 5) is 24.9. The van der Waals surface area contributed by atoms with Gasteiger partial charge in [0.15, 0.2) is 0 Å². The lowest BCUT2D eigenvalue weighted by atomic mass is 9.92. The van der Waals surface area contributed by atoms with Crippen LogP contribution in [0, 0.1) is 0 Å². The van der Waals surface area contributed by atoms with E-state index in [1.54, 1.807) is 24.7 Å². The van der Waals surface area contributed by atoms with Gasteiger partial charge >= 0.3 is 0 Å². The van der Waals surface area contributed by atoms with Crippen molar-refractivity contribution in [3.05, 3.63) is 30.4 Å². The van der Waals surface area contributed by atoms with Crippen molar-refractivity contribution < 1.29 is 9.32 Å². The zero-order valence-electron chi connectivity index (χ0n) is 14.9. The minimum absolute atomic E-state index is 0.0930. The van der Waals surface area contributed by atoms with Crippen molar-refractivity contribution in [2.24, 2.45) is 0 Å². The van der Waals surface area contributed by atoms with Crippen molar-refractivity contribution in [1.29, 1.82) is 0 Å². The summed E-state index contributed by atoms with van der Waals surface area (Å²) in [5, 5.41) is 6.79. The Labute approximate surface area is 147 Å². The highest BCUT2D eigenvalue weighted by Gasteiger charge is 2.22. The van der Waals surface area contributed by atoms with E-state index in [2.05, 4.69) is 30.2 Å². The Hall–Kier alpha value is -2.48. The summed E-state index contributed by atoms with van der Waals surface area (Å²) in [5.74, 6) is 1.18. The lowest BCUT2D eigenvalue weighted by molar-refractivity contribution is -0.117. The fraction of sp³-hybridized carbons (Fsp3) is 0.529. The van der Waals surface area contributed by atoms with E-state index >= 15 is 0 Å². The summed E-state index contributed by atoms with van der Waals surface area (Å²) in [7, 11) is 0. The molecule has 8 nitrogen and oxygen atoms in total. The number of piperazine rings is 1. The van der Waals surface area contributed by atoms with E-state index in [9.17, 15) is 4.79 Å².